The molecule has 1 N–H and O–H groups in total. The van der Waals surface area contributed by atoms with Gasteiger partial charge >= 0.3 is 0 Å². The smallest absolute Gasteiger partial charge is 0.123 e. The van der Waals surface area contributed by atoms with Gasteiger partial charge in [0.1, 0.15) is 10.2 Å². The largest absolute Gasteiger partial charge is 0.388 e. The number of thiophene rings is 1. The van der Waals surface area contributed by atoms with Crippen LogP contribution in [0, 0.1) is 12.7 Å². The molecule has 0 bridgehead atoms. The van der Waals surface area contributed by atoms with E-state index in [4.69, 9.17) is 23.2 Å². The summed E-state index contributed by atoms with van der Waals surface area (Å²) in [6.07, 6.45) is -0.343. The molecule has 1 aromatic heterocycles. The fourth-order valence-corrected chi connectivity index (χ4v) is 3.35. The minimum absolute atomic E-state index is 0.276. The van der Waals surface area contributed by atoms with Gasteiger partial charge in [0.25, 0.3) is 0 Å². The summed E-state index contributed by atoms with van der Waals surface area (Å²) in [7, 11) is 0. The van der Waals surface area contributed by atoms with Gasteiger partial charge in [-0.2, -0.15) is 0 Å². The minimum atomic E-state index is -0.731. The molecule has 0 amide bonds. The number of hydrogen-bond acceptors (Lipinski definition) is 2. The molecule has 1 heterocycles. The number of aryl methyl sites for hydroxylation is 1. The molecule has 18 heavy (non-hydrogen) atoms. The molecular formula is C13H11Cl2FOS. The van der Waals surface area contributed by atoms with Crippen molar-refractivity contribution in [3.63, 3.8) is 0 Å². The summed E-state index contributed by atoms with van der Waals surface area (Å²) in [5.41, 5.74) is 2.32. The van der Waals surface area contributed by atoms with Crippen molar-refractivity contribution in [1.29, 1.82) is 0 Å². The van der Waals surface area contributed by atoms with Crippen LogP contribution in [0.4, 0.5) is 4.39 Å². The van der Waals surface area contributed by atoms with Crippen molar-refractivity contribution in [2.75, 3.05) is 0 Å². The van der Waals surface area contributed by atoms with Crippen LogP contribution in [0.3, 0.4) is 0 Å². The highest BCUT2D eigenvalue weighted by Gasteiger charge is 2.16. The van der Waals surface area contributed by atoms with E-state index in [9.17, 15) is 9.50 Å². The van der Waals surface area contributed by atoms with E-state index in [2.05, 4.69) is 0 Å². The quantitative estimate of drug-likeness (QED) is 0.865. The molecule has 0 fully saturated rings. The number of aliphatic hydroxyl groups is 1. The van der Waals surface area contributed by atoms with Gasteiger partial charge in [-0.15, -0.1) is 11.3 Å². The first-order chi connectivity index (χ1) is 8.47. The van der Waals surface area contributed by atoms with E-state index < -0.39 is 6.10 Å². The van der Waals surface area contributed by atoms with Crippen molar-refractivity contribution in [2.45, 2.75) is 19.4 Å². The predicted molar refractivity (Wildman–Crippen MR) is 74.1 cm³/mol. The maximum atomic E-state index is 13.0. The lowest BCUT2D eigenvalue weighted by molar-refractivity contribution is 0.179. The lowest BCUT2D eigenvalue weighted by Crippen LogP contribution is -2.02. The fraction of sp³-hybridized carbons (Fsp3) is 0.231. The van der Waals surface area contributed by atoms with Crippen LogP contribution < -0.4 is 0 Å². The summed E-state index contributed by atoms with van der Waals surface area (Å²) in [6.45, 7) is 1.81. The zero-order valence-electron chi connectivity index (χ0n) is 9.58. The van der Waals surface area contributed by atoms with Crippen LogP contribution in [0.15, 0.2) is 24.3 Å². The summed E-state index contributed by atoms with van der Waals surface area (Å²) >= 11 is 13.0. The van der Waals surface area contributed by atoms with Crippen molar-refractivity contribution >= 4 is 34.5 Å². The standard InChI is InChI=1S/C13H11Cl2FOS/c1-7-4-9(16)3-2-8(7)5-11(17)10-6-12(14)18-13(10)15/h2-4,6,11,17H,5H2,1H3. The van der Waals surface area contributed by atoms with Crippen LogP contribution in [0.2, 0.25) is 8.67 Å². The second-order valence-corrected chi connectivity index (χ2v) is 6.36. The summed E-state index contributed by atoms with van der Waals surface area (Å²) in [6, 6.07) is 6.18. The number of rotatable bonds is 3. The van der Waals surface area contributed by atoms with Crippen LogP contribution in [0.25, 0.3) is 0 Å². The molecule has 0 aliphatic heterocycles. The Hall–Kier alpha value is -0.610. The fourth-order valence-electron chi connectivity index (χ4n) is 1.79. The zero-order chi connectivity index (χ0) is 13.3. The minimum Gasteiger partial charge on any atom is -0.388 e. The summed E-state index contributed by atoms with van der Waals surface area (Å²) in [4.78, 5) is 0. The average Bonchev–Trinajstić information content (AvgIpc) is 2.62. The molecule has 0 spiro atoms. The van der Waals surface area contributed by atoms with Crippen LogP contribution in [-0.2, 0) is 6.42 Å². The molecule has 1 unspecified atom stereocenters. The molecule has 0 aliphatic rings. The van der Waals surface area contributed by atoms with Crippen LogP contribution >= 0.6 is 34.5 Å². The molecular weight excluding hydrogens is 294 g/mol. The molecule has 0 radical (unpaired) electrons. The average molecular weight is 305 g/mol. The maximum absolute atomic E-state index is 13.0. The molecule has 1 aromatic carbocycles. The first kappa shape index (κ1) is 13.8. The Morgan fingerprint density at radius 1 is 1.33 bits per heavy atom. The summed E-state index contributed by atoms with van der Waals surface area (Å²) in [5, 5.41) is 10.1. The normalized spacial score (nSPS) is 12.7. The van der Waals surface area contributed by atoms with E-state index in [0.717, 1.165) is 11.1 Å². The van der Waals surface area contributed by atoms with Gasteiger partial charge in [0, 0.05) is 12.0 Å². The van der Waals surface area contributed by atoms with E-state index in [1.54, 1.807) is 12.1 Å². The number of hydrogen-bond donors (Lipinski definition) is 1. The maximum Gasteiger partial charge on any atom is 0.123 e. The Kier molecular flexibility index (Phi) is 4.28. The predicted octanol–water partition coefficient (Wildman–Crippen LogP) is 4.78. The van der Waals surface area contributed by atoms with Gasteiger partial charge in [0.05, 0.1) is 10.4 Å². The second kappa shape index (κ2) is 5.57. The second-order valence-electron chi connectivity index (χ2n) is 4.07. The van der Waals surface area contributed by atoms with Crippen molar-refractivity contribution in [3.05, 3.63) is 55.4 Å². The van der Waals surface area contributed by atoms with E-state index >= 15 is 0 Å². The molecule has 2 rings (SSSR count). The highest BCUT2D eigenvalue weighted by Crippen LogP contribution is 2.36. The van der Waals surface area contributed by atoms with Gasteiger partial charge in [-0.1, -0.05) is 29.3 Å². The number of aliphatic hydroxyl groups excluding tert-OH is 1. The Morgan fingerprint density at radius 2 is 2.06 bits per heavy atom. The Morgan fingerprint density at radius 3 is 2.61 bits per heavy atom. The molecule has 0 saturated heterocycles. The van der Waals surface area contributed by atoms with E-state index in [1.165, 1.54) is 23.5 Å². The first-order valence-corrected chi connectivity index (χ1v) is 6.92. The highest BCUT2D eigenvalue weighted by molar-refractivity contribution is 7.20. The monoisotopic (exact) mass is 304 g/mol. The van der Waals surface area contributed by atoms with Crippen molar-refractivity contribution in [1.82, 2.24) is 0 Å². The Balaban J connectivity index is 2.21. The molecule has 0 saturated carbocycles. The van der Waals surface area contributed by atoms with Gasteiger partial charge < -0.3 is 5.11 Å². The Labute approximate surface area is 119 Å². The SMILES string of the molecule is Cc1cc(F)ccc1CC(O)c1cc(Cl)sc1Cl. The molecule has 2 aromatic rings. The molecule has 5 heteroatoms. The van der Waals surface area contributed by atoms with E-state index in [-0.39, 0.29) is 5.82 Å². The molecule has 1 nitrogen and oxygen atoms in total. The van der Waals surface area contributed by atoms with Crippen molar-refractivity contribution in [2.24, 2.45) is 0 Å². The molecule has 0 aliphatic carbocycles. The van der Waals surface area contributed by atoms with Crippen LogP contribution in [-0.4, -0.2) is 5.11 Å². The van der Waals surface area contributed by atoms with Gasteiger partial charge in [-0.25, -0.2) is 4.39 Å². The Bertz CT molecular complexity index is 568. The van der Waals surface area contributed by atoms with E-state index in [1.807, 2.05) is 6.92 Å². The summed E-state index contributed by atoms with van der Waals surface area (Å²) in [5.74, 6) is -0.276. The van der Waals surface area contributed by atoms with Gasteiger partial charge in [-0.3, -0.25) is 0 Å². The number of benzene rings is 1. The van der Waals surface area contributed by atoms with Crippen LogP contribution in [0.5, 0.6) is 0 Å². The van der Waals surface area contributed by atoms with Gasteiger partial charge in [0.2, 0.25) is 0 Å². The topological polar surface area (TPSA) is 20.2 Å². The third-order valence-corrected chi connectivity index (χ3v) is 4.28. The van der Waals surface area contributed by atoms with Crippen LogP contribution in [0.1, 0.15) is 22.8 Å². The molecule has 1 atom stereocenters. The highest BCUT2D eigenvalue weighted by atomic mass is 35.5. The third kappa shape index (κ3) is 3.04. The van der Waals surface area contributed by atoms with E-state index in [0.29, 0.717) is 20.7 Å². The van der Waals surface area contributed by atoms with Gasteiger partial charge in [0.15, 0.2) is 0 Å². The van der Waals surface area contributed by atoms with Crippen molar-refractivity contribution in [3.8, 4) is 0 Å². The first-order valence-electron chi connectivity index (χ1n) is 5.35. The van der Waals surface area contributed by atoms with Crippen molar-refractivity contribution < 1.29 is 9.50 Å². The zero-order valence-corrected chi connectivity index (χ0v) is 11.9. The molecule has 96 valence electrons. The lowest BCUT2D eigenvalue weighted by Gasteiger charge is -2.12. The summed E-state index contributed by atoms with van der Waals surface area (Å²) < 4.78 is 14.0. The lowest BCUT2D eigenvalue weighted by atomic mass is 10.00. The van der Waals surface area contributed by atoms with Gasteiger partial charge in [-0.05, 0) is 36.2 Å². The number of halogens is 3. The third-order valence-electron chi connectivity index (χ3n) is 2.76.